The quantitative estimate of drug-likeness (QED) is 0.911. The Morgan fingerprint density at radius 1 is 1.12 bits per heavy atom. The van der Waals surface area contributed by atoms with E-state index < -0.39 is 0 Å². The summed E-state index contributed by atoms with van der Waals surface area (Å²) in [5.41, 5.74) is 5.27. The van der Waals surface area contributed by atoms with Crippen LogP contribution in [0.2, 0.25) is 0 Å². The minimum atomic E-state index is 0.0207. The van der Waals surface area contributed by atoms with Crippen LogP contribution in [-0.2, 0) is 17.8 Å². The molecule has 25 heavy (non-hydrogen) atoms. The number of nitrogens with one attached hydrogen (secondary N) is 1. The third-order valence-corrected chi connectivity index (χ3v) is 4.94. The minimum absolute atomic E-state index is 0.0207. The van der Waals surface area contributed by atoms with Crippen LogP contribution in [0.5, 0.6) is 0 Å². The highest BCUT2D eigenvalue weighted by atomic mass is 16.1. The molecule has 1 heterocycles. The van der Waals surface area contributed by atoms with Crippen LogP contribution in [-0.4, -0.2) is 38.0 Å². The van der Waals surface area contributed by atoms with Gasteiger partial charge < -0.3 is 10.2 Å². The van der Waals surface area contributed by atoms with Gasteiger partial charge in [0, 0.05) is 46.3 Å². The summed E-state index contributed by atoms with van der Waals surface area (Å²) >= 11 is 0. The lowest BCUT2D eigenvalue weighted by molar-refractivity contribution is -0.119. The SMILES string of the molecule is CC(=O)NC[C@H](c1ccc(N(C)C)cc1)N1CCc2ccccc2C1. The second-order valence-electron chi connectivity index (χ2n) is 6.93. The molecule has 4 nitrogen and oxygen atoms in total. The van der Waals surface area contributed by atoms with Crippen LogP contribution in [0.1, 0.15) is 29.7 Å². The van der Waals surface area contributed by atoms with E-state index in [1.807, 2.05) is 14.1 Å². The van der Waals surface area contributed by atoms with Gasteiger partial charge in [-0.2, -0.15) is 0 Å². The highest BCUT2D eigenvalue weighted by Crippen LogP contribution is 2.28. The zero-order valence-corrected chi connectivity index (χ0v) is 15.3. The Morgan fingerprint density at radius 3 is 2.44 bits per heavy atom. The molecule has 2 aromatic carbocycles. The number of hydrogen-bond acceptors (Lipinski definition) is 3. The lowest BCUT2D eigenvalue weighted by Gasteiger charge is -2.36. The zero-order chi connectivity index (χ0) is 17.8. The molecule has 0 fully saturated rings. The molecule has 0 radical (unpaired) electrons. The fourth-order valence-electron chi connectivity index (χ4n) is 3.48. The molecule has 3 rings (SSSR count). The van der Waals surface area contributed by atoms with Crippen molar-refractivity contribution in [3.63, 3.8) is 0 Å². The summed E-state index contributed by atoms with van der Waals surface area (Å²) in [6, 6.07) is 17.5. The fraction of sp³-hybridized carbons (Fsp3) is 0.381. The number of amides is 1. The predicted octanol–water partition coefficient (Wildman–Crippen LogP) is 2.99. The summed E-state index contributed by atoms with van der Waals surface area (Å²) in [6.07, 6.45) is 1.06. The van der Waals surface area contributed by atoms with Gasteiger partial charge in [-0.1, -0.05) is 36.4 Å². The van der Waals surface area contributed by atoms with E-state index in [-0.39, 0.29) is 11.9 Å². The second kappa shape index (κ2) is 7.70. The third-order valence-electron chi connectivity index (χ3n) is 4.94. The Kier molecular flexibility index (Phi) is 5.39. The molecular formula is C21H27N3O. The maximum absolute atomic E-state index is 11.5. The molecule has 0 bridgehead atoms. The summed E-state index contributed by atoms with van der Waals surface area (Å²) in [6.45, 7) is 4.16. The topological polar surface area (TPSA) is 35.6 Å². The van der Waals surface area contributed by atoms with E-state index in [1.165, 1.54) is 22.4 Å². The summed E-state index contributed by atoms with van der Waals surface area (Å²) in [5, 5.41) is 3.01. The van der Waals surface area contributed by atoms with Gasteiger partial charge in [0.1, 0.15) is 0 Å². The van der Waals surface area contributed by atoms with E-state index in [4.69, 9.17) is 0 Å². The summed E-state index contributed by atoms with van der Waals surface area (Å²) in [7, 11) is 4.09. The molecule has 0 aliphatic carbocycles. The molecule has 1 N–H and O–H groups in total. The number of nitrogens with zero attached hydrogens (tertiary/aromatic N) is 2. The number of anilines is 1. The van der Waals surface area contributed by atoms with Crippen LogP contribution >= 0.6 is 0 Å². The Hall–Kier alpha value is -2.33. The predicted molar refractivity (Wildman–Crippen MR) is 103 cm³/mol. The van der Waals surface area contributed by atoms with Gasteiger partial charge in [0.05, 0.1) is 6.04 Å². The van der Waals surface area contributed by atoms with Gasteiger partial charge in [-0.05, 0) is 35.2 Å². The molecule has 0 saturated carbocycles. The monoisotopic (exact) mass is 337 g/mol. The number of carbonyl (C=O) groups excluding carboxylic acids is 1. The molecule has 1 atom stereocenters. The van der Waals surface area contributed by atoms with Gasteiger partial charge in [-0.15, -0.1) is 0 Å². The Morgan fingerprint density at radius 2 is 1.80 bits per heavy atom. The lowest BCUT2D eigenvalue weighted by atomic mass is 9.96. The highest BCUT2D eigenvalue weighted by molar-refractivity contribution is 5.72. The van der Waals surface area contributed by atoms with Gasteiger partial charge in [0.25, 0.3) is 0 Å². The average Bonchev–Trinajstić information content (AvgIpc) is 2.62. The van der Waals surface area contributed by atoms with Crippen molar-refractivity contribution >= 4 is 11.6 Å². The first-order chi connectivity index (χ1) is 12.0. The third kappa shape index (κ3) is 4.20. The Bertz CT molecular complexity index is 724. The molecule has 0 spiro atoms. The van der Waals surface area contributed by atoms with Gasteiger partial charge in [0.2, 0.25) is 5.91 Å². The van der Waals surface area contributed by atoms with Crippen molar-refractivity contribution in [2.24, 2.45) is 0 Å². The van der Waals surface area contributed by atoms with Crippen molar-refractivity contribution in [2.45, 2.75) is 25.9 Å². The summed E-state index contributed by atoms with van der Waals surface area (Å²) in [5.74, 6) is 0.0207. The lowest BCUT2D eigenvalue weighted by Crippen LogP contribution is -2.40. The standard InChI is InChI=1S/C21H27N3O/c1-16(25)22-14-21(18-8-10-20(11-9-18)23(2)3)24-13-12-17-6-4-5-7-19(17)15-24/h4-11,21H,12-15H2,1-3H3,(H,22,25)/t21-/m1/s1. The van der Waals surface area contributed by atoms with E-state index in [0.29, 0.717) is 6.54 Å². The van der Waals surface area contributed by atoms with E-state index >= 15 is 0 Å². The number of carbonyl (C=O) groups is 1. The molecule has 1 aliphatic heterocycles. The number of benzene rings is 2. The molecule has 0 aromatic heterocycles. The zero-order valence-electron chi connectivity index (χ0n) is 15.3. The van der Waals surface area contributed by atoms with Crippen molar-refractivity contribution in [3.8, 4) is 0 Å². The van der Waals surface area contributed by atoms with Gasteiger partial charge in [-0.3, -0.25) is 9.69 Å². The Balaban J connectivity index is 1.83. The smallest absolute Gasteiger partial charge is 0.216 e. The van der Waals surface area contributed by atoms with E-state index in [9.17, 15) is 4.79 Å². The molecular weight excluding hydrogens is 310 g/mol. The van der Waals surface area contributed by atoms with E-state index in [2.05, 4.69) is 63.6 Å². The minimum Gasteiger partial charge on any atom is -0.378 e. The highest BCUT2D eigenvalue weighted by Gasteiger charge is 2.25. The van der Waals surface area contributed by atoms with Crippen LogP contribution in [0, 0.1) is 0 Å². The van der Waals surface area contributed by atoms with Crippen LogP contribution in [0.25, 0.3) is 0 Å². The molecule has 0 saturated heterocycles. The summed E-state index contributed by atoms with van der Waals surface area (Å²) < 4.78 is 0. The molecule has 132 valence electrons. The van der Waals surface area contributed by atoms with Crippen molar-refractivity contribution in [1.82, 2.24) is 10.2 Å². The number of rotatable bonds is 5. The van der Waals surface area contributed by atoms with Crippen molar-refractivity contribution in [1.29, 1.82) is 0 Å². The number of hydrogen-bond donors (Lipinski definition) is 1. The van der Waals surface area contributed by atoms with Crippen molar-refractivity contribution in [2.75, 3.05) is 32.1 Å². The van der Waals surface area contributed by atoms with Gasteiger partial charge in [0.15, 0.2) is 0 Å². The van der Waals surface area contributed by atoms with Crippen LogP contribution in [0.4, 0.5) is 5.69 Å². The molecule has 2 aromatic rings. The summed E-state index contributed by atoms with van der Waals surface area (Å²) in [4.78, 5) is 16.0. The Labute approximate surface area is 150 Å². The molecule has 1 amide bonds. The molecule has 4 heteroatoms. The average molecular weight is 337 g/mol. The van der Waals surface area contributed by atoms with Crippen LogP contribution in [0.15, 0.2) is 48.5 Å². The fourth-order valence-corrected chi connectivity index (χ4v) is 3.48. The van der Waals surface area contributed by atoms with Crippen LogP contribution < -0.4 is 10.2 Å². The van der Waals surface area contributed by atoms with Gasteiger partial charge >= 0.3 is 0 Å². The van der Waals surface area contributed by atoms with E-state index in [0.717, 1.165) is 19.5 Å². The second-order valence-corrected chi connectivity index (χ2v) is 6.93. The van der Waals surface area contributed by atoms with Gasteiger partial charge in [-0.25, -0.2) is 0 Å². The van der Waals surface area contributed by atoms with Crippen molar-refractivity contribution in [3.05, 3.63) is 65.2 Å². The normalized spacial score (nSPS) is 15.3. The van der Waals surface area contributed by atoms with Crippen molar-refractivity contribution < 1.29 is 4.79 Å². The first kappa shape index (κ1) is 17.5. The molecule has 1 aliphatic rings. The maximum Gasteiger partial charge on any atom is 0.216 e. The van der Waals surface area contributed by atoms with E-state index in [1.54, 1.807) is 6.92 Å². The van der Waals surface area contributed by atoms with Crippen LogP contribution in [0.3, 0.4) is 0 Å². The first-order valence-electron chi connectivity index (χ1n) is 8.87. The molecule has 0 unspecified atom stereocenters. The first-order valence-corrected chi connectivity index (χ1v) is 8.87. The maximum atomic E-state index is 11.5. The largest absolute Gasteiger partial charge is 0.378 e. The number of fused-ring (bicyclic) bond motifs is 1.